The highest BCUT2D eigenvalue weighted by atomic mass is 35.5. The molecule has 1 atom stereocenters. The number of aromatic nitrogens is 2. The number of benzene rings is 2. The molecule has 6 heteroatoms. The predicted molar refractivity (Wildman–Crippen MR) is 109 cm³/mol. The van der Waals surface area contributed by atoms with E-state index in [0.717, 1.165) is 28.4 Å². The second-order valence-electron chi connectivity index (χ2n) is 6.91. The van der Waals surface area contributed by atoms with E-state index in [1.807, 2.05) is 75.5 Å². The summed E-state index contributed by atoms with van der Waals surface area (Å²) in [5.41, 5.74) is 4.06. The van der Waals surface area contributed by atoms with Crippen molar-refractivity contribution in [3.63, 3.8) is 0 Å². The zero-order valence-corrected chi connectivity index (χ0v) is 16.5. The van der Waals surface area contributed by atoms with E-state index in [-0.39, 0.29) is 5.91 Å². The highest BCUT2D eigenvalue weighted by Crippen LogP contribution is 2.17. The van der Waals surface area contributed by atoms with Crippen molar-refractivity contribution < 1.29 is 9.69 Å². The lowest BCUT2D eigenvalue weighted by atomic mass is 10.2. The Morgan fingerprint density at radius 3 is 2.59 bits per heavy atom. The molecule has 0 aliphatic carbocycles. The molecule has 0 spiro atoms. The molecule has 0 fully saturated rings. The fourth-order valence-corrected chi connectivity index (χ4v) is 3.20. The van der Waals surface area contributed by atoms with Gasteiger partial charge >= 0.3 is 0 Å². The van der Waals surface area contributed by atoms with Gasteiger partial charge < -0.3 is 10.2 Å². The number of hydrogen-bond donors (Lipinski definition) is 2. The maximum atomic E-state index is 12.5. The number of quaternary nitrogens is 1. The fourth-order valence-electron chi connectivity index (χ4n) is 2.99. The molecule has 2 N–H and O–H groups in total. The summed E-state index contributed by atoms with van der Waals surface area (Å²) in [6.45, 7) is 5.03. The van der Waals surface area contributed by atoms with Crippen molar-refractivity contribution in [2.24, 2.45) is 0 Å². The lowest BCUT2D eigenvalue weighted by Gasteiger charge is -2.14. The molecule has 3 aromatic rings. The standard InChI is InChI=1S/C21H23ClN4O/c1-15-7-9-19(10-8-15)26-20(11-16(2)24-26)23-21(27)14-25(3)13-17-5-4-6-18(22)12-17/h4-12H,13-14H2,1-3H3,(H,23,27)/p+1. The monoisotopic (exact) mass is 383 g/mol. The third kappa shape index (κ3) is 5.18. The van der Waals surface area contributed by atoms with Crippen LogP contribution in [0.2, 0.25) is 5.02 Å². The SMILES string of the molecule is Cc1ccc(-n2nc(C)cc2NC(=O)C[NH+](C)Cc2cccc(Cl)c2)cc1. The molecule has 1 amide bonds. The van der Waals surface area contributed by atoms with Gasteiger partial charge in [-0.25, -0.2) is 4.68 Å². The van der Waals surface area contributed by atoms with Gasteiger partial charge in [-0.05, 0) is 38.1 Å². The number of likely N-dealkylation sites (N-methyl/N-ethyl adjacent to an activating group) is 1. The van der Waals surface area contributed by atoms with Gasteiger partial charge in [0.2, 0.25) is 0 Å². The predicted octanol–water partition coefficient (Wildman–Crippen LogP) is 2.80. The Morgan fingerprint density at radius 2 is 1.89 bits per heavy atom. The molecule has 0 saturated heterocycles. The van der Waals surface area contributed by atoms with E-state index < -0.39 is 0 Å². The largest absolute Gasteiger partial charge is 0.326 e. The van der Waals surface area contributed by atoms with E-state index in [2.05, 4.69) is 10.4 Å². The quantitative estimate of drug-likeness (QED) is 0.687. The Morgan fingerprint density at radius 1 is 1.15 bits per heavy atom. The van der Waals surface area contributed by atoms with Crippen LogP contribution < -0.4 is 10.2 Å². The van der Waals surface area contributed by atoms with Crippen LogP contribution in [0.5, 0.6) is 0 Å². The van der Waals surface area contributed by atoms with Gasteiger partial charge in [0.1, 0.15) is 12.4 Å². The van der Waals surface area contributed by atoms with E-state index in [1.54, 1.807) is 4.68 Å². The first-order valence-corrected chi connectivity index (χ1v) is 9.28. The van der Waals surface area contributed by atoms with Gasteiger partial charge in [0.05, 0.1) is 18.4 Å². The van der Waals surface area contributed by atoms with E-state index >= 15 is 0 Å². The number of carbonyl (C=O) groups is 1. The number of rotatable bonds is 6. The smallest absolute Gasteiger partial charge is 0.280 e. The average Bonchev–Trinajstić information content (AvgIpc) is 2.95. The number of amides is 1. The topological polar surface area (TPSA) is 51.4 Å². The number of nitrogens with one attached hydrogen (secondary N) is 2. The third-order valence-corrected chi connectivity index (χ3v) is 4.47. The number of aryl methyl sites for hydroxylation is 2. The lowest BCUT2D eigenvalue weighted by molar-refractivity contribution is -0.885. The van der Waals surface area contributed by atoms with E-state index in [4.69, 9.17) is 11.6 Å². The van der Waals surface area contributed by atoms with Crippen LogP contribution >= 0.6 is 11.6 Å². The highest BCUT2D eigenvalue weighted by Gasteiger charge is 2.15. The molecular weight excluding hydrogens is 360 g/mol. The van der Waals surface area contributed by atoms with Crippen LogP contribution in [0.25, 0.3) is 5.69 Å². The summed E-state index contributed by atoms with van der Waals surface area (Å²) >= 11 is 6.03. The van der Waals surface area contributed by atoms with Gasteiger partial charge in [-0.2, -0.15) is 5.10 Å². The maximum absolute atomic E-state index is 12.5. The van der Waals surface area contributed by atoms with Gasteiger partial charge in [-0.1, -0.05) is 41.4 Å². The number of anilines is 1. The van der Waals surface area contributed by atoms with E-state index in [9.17, 15) is 4.79 Å². The Balaban J connectivity index is 1.66. The number of nitrogens with zero attached hydrogens (tertiary/aromatic N) is 2. The lowest BCUT2D eigenvalue weighted by Crippen LogP contribution is -3.08. The molecule has 0 saturated carbocycles. The van der Waals surface area contributed by atoms with Gasteiger partial charge in [0.15, 0.2) is 6.54 Å². The maximum Gasteiger partial charge on any atom is 0.280 e. The third-order valence-electron chi connectivity index (χ3n) is 4.23. The molecule has 1 heterocycles. The molecule has 0 bridgehead atoms. The van der Waals surface area contributed by atoms with Crippen LogP contribution in [0.1, 0.15) is 16.8 Å². The van der Waals surface area contributed by atoms with Crippen molar-refractivity contribution in [1.29, 1.82) is 0 Å². The summed E-state index contributed by atoms with van der Waals surface area (Å²) in [4.78, 5) is 13.6. The van der Waals surface area contributed by atoms with Gasteiger partial charge in [-0.15, -0.1) is 0 Å². The molecule has 140 valence electrons. The first kappa shape index (κ1) is 19.1. The fraction of sp³-hybridized carbons (Fsp3) is 0.238. The summed E-state index contributed by atoms with van der Waals surface area (Å²) in [5, 5.41) is 8.20. The minimum absolute atomic E-state index is 0.0530. The molecule has 0 aliphatic heterocycles. The number of hydrogen-bond acceptors (Lipinski definition) is 2. The van der Waals surface area contributed by atoms with Crippen molar-refractivity contribution >= 4 is 23.3 Å². The second kappa shape index (κ2) is 8.37. The van der Waals surface area contributed by atoms with Crippen LogP contribution in [0, 0.1) is 13.8 Å². The van der Waals surface area contributed by atoms with Gasteiger partial charge in [0, 0.05) is 16.7 Å². The van der Waals surface area contributed by atoms with Crippen molar-refractivity contribution in [3.8, 4) is 5.69 Å². The minimum Gasteiger partial charge on any atom is -0.326 e. The molecular formula is C21H24ClN4O+. The second-order valence-corrected chi connectivity index (χ2v) is 7.34. The van der Waals surface area contributed by atoms with E-state index in [1.165, 1.54) is 5.56 Å². The number of carbonyl (C=O) groups excluding carboxylic acids is 1. The van der Waals surface area contributed by atoms with Crippen LogP contribution in [0.15, 0.2) is 54.6 Å². The summed E-state index contributed by atoms with van der Waals surface area (Å²) in [5.74, 6) is 0.625. The Labute approximate surface area is 164 Å². The minimum atomic E-state index is -0.0530. The van der Waals surface area contributed by atoms with Crippen molar-refractivity contribution in [3.05, 3.63) is 76.4 Å². The van der Waals surface area contributed by atoms with Crippen molar-refractivity contribution in [2.75, 3.05) is 18.9 Å². The Hall–Kier alpha value is -2.63. The first-order valence-electron chi connectivity index (χ1n) is 8.90. The van der Waals surface area contributed by atoms with Crippen LogP contribution in [-0.4, -0.2) is 29.3 Å². The summed E-state index contributed by atoms with van der Waals surface area (Å²) in [6, 6.07) is 17.6. The van der Waals surface area contributed by atoms with Crippen molar-refractivity contribution in [1.82, 2.24) is 9.78 Å². The van der Waals surface area contributed by atoms with Gasteiger partial charge in [0.25, 0.3) is 5.91 Å². The molecule has 0 aliphatic rings. The van der Waals surface area contributed by atoms with Crippen molar-refractivity contribution in [2.45, 2.75) is 20.4 Å². The zero-order chi connectivity index (χ0) is 19.4. The Bertz CT molecular complexity index is 934. The molecule has 1 aromatic heterocycles. The first-order chi connectivity index (χ1) is 12.9. The normalized spacial score (nSPS) is 12.0. The van der Waals surface area contributed by atoms with E-state index in [0.29, 0.717) is 17.4 Å². The van der Waals surface area contributed by atoms with Crippen LogP contribution in [0.3, 0.4) is 0 Å². The van der Waals surface area contributed by atoms with Crippen LogP contribution in [-0.2, 0) is 11.3 Å². The molecule has 1 unspecified atom stereocenters. The summed E-state index contributed by atoms with van der Waals surface area (Å²) in [7, 11) is 1.99. The molecule has 3 rings (SSSR count). The Kier molecular flexibility index (Phi) is 5.94. The molecule has 0 radical (unpaired) electrons. The van der Waals surface area contributed by atoms with Gasteiger partial charge in [-0.3, -0.25) is 4.79 Å². The molecule has 5 nitrogen and oxygen atoms in total. The highest BCUT2D eigenvalue weighted by molar-refractivity contribution is 6.30. The summed E-state index contributed by atoms with van der Waals surface area (Å²) < 4.78 is 1.76. The molecule has 27 heavy (non-hydrogen) atoms. The summed E-state index contributed by atoms with van der Waals surface area (Å²) in [6.07, 6.45) is 0. The molecule has 2 aromatic carbocycles. The zero-order valence-electron chi connectivity index (χ0n) is 15.8. The van der Waals surface area contributed by atoms with Crippen LogP contribution in [0.4, 0.5) is 5.82 Å². The number of halogens is 1. The average molecular weight is 384 g/mol.